The molecule has 0 aliphatic carbocycles. The molecule has 2 aliphatic heterocycles. The molecule has 2 aromatic carbocycles. The van der Waals surface area contributed by atoms with E-state index in [1.54, 1.807) is 7.11 Å². The van der Waals surface area contributed by atoms with Crippen molar-refractivity contribution < 1.29 is 19.0 Å². The highest BCUT2D eigenvalue weighted by atomic mass is 16.6. The van der Waals surface area contributed by atoms with Crippen molar-refractivity contribution in [3.8, 4) is 28.6 Å². The molecule has 9 nitrogen and oxygen atoms in total. The van der Waals surface area contributed by atoms with Gasteiger partial charge < -0.3 is 19.1 Å². The number of benzene rings is 2. The molecule has 1 unspecified atom stereocenters. The number of fused-ring (bicyclic) bond motifs is 1. The standard InChI is InChI=1S/C22H23N5O4/c1-29-17-5-2-4-16(12-17)22-23-25-27(24-22)14-21(28)26-9-3-6-18(26)15-7-8-19-20(13-15)31-11-10-30-19/h2,4-5,7-8,12-13,18H,3,6,9-11,14H2,1H3. The molecule has 0 bridgehead atoms. The molecule has 3 aromatic rings. The van der Waals surface area contributed by atoms with Gasteiger partial charge >= 0.3 is 0 Å². The highest BCUT2D eigenvalue weighted by Crippen LogP contribution is 2.38. The Morgan fingerprint density at radius 1 is 1.16 bits per heavy atom. The van der Waals surface area contributed by atoms with Crippen molar-refractivity contribution in [2.24, 2.45) is 0 Å². The lowest BCUT2D eigenvalue weighted by Crippen LogP contribution is -2.34. The van der Waals surface area contributed by atoms with Gasteiger partial charge in [-0.1, -0.05) is 18.2 Å². The number of tetrazole rings is 1. The summed E-state index contributed by atoms with van der Waals surface area (Å²) in [5.41, 5.74) is 1.84. The average Bonchev–Trinajstić information content (AvgIpc) is 3.49. The SMILES string of the molecule is COc1cccc(-c2nnn(CC(=O)N3CCCC3c3ccc4c(c3)OCCO4)n2)c1. The van der Waals surface area contributed by atoms with Crippen LogP contribution in [0.2, 0.25) is 0 Å². The Hall–Kier alpha value is -3.62. The smallest absolute Gasteiger partial charge is 0.246 e. The van der Waals surface area contributed by atoms with Crippen LogP contribution in [-0.2, 0) is 11.3 Å². The molecule has 0 saturated carbocycles. The summed E-state index contributed by atoms with van der Waals surface area (Å²) in [6, 6.07) is 13.4. The van der Waals surface area contributed by atoms with Gasteiger partial charge in [-0.15, -0.1) is 10.2 Å². The van der Waals surface area contributed by atoms with E-state index in [9.17, 15) is 4.79 Å². The number of ether oxygens (including phenoxy) is 3. The Labute approximate surface area is 179 Å². The first-order chi connectivity index (χ1) is 15.2. The van der Waals surface area contributed by atoms with Crippen LogP contribution in [0.15, 0.2) is 42.5 Å². The van der Waals surface area contributed by atoms with Gasteiger partial charge in [0.15, 0.2) is 11.5 Å². The van der Waals surface area contributed by atoms with E-state index >= 15 is 0 Å². The fraction of sp³-hybridized carbons (Fsp3) is 0.364. The number of hydrogen-bond donors (Lipinski definition) is 0. The summed E-state index contributed by atoms with van der Waals surface area (Å²) < 4.78 is 16.6. The first kappa shape index (κ1) is 19.3. The van der Waals surface area contributed by atoms with Gasteiger partial charge in [0.2, 0.25) is 11.7 Å². The maximum atomic E-state index is 13.1. The molecule has 31 heavy (non-hydrogen) atoms. The van der Waals surface area contributed by atoms with Gasteiger partial charge in [0, 0.05) is 12.1 Å². The van der Waals surface area contributed by atoms with E-state index < -0.39 is 0 Å². The van der Waals surface area contributed by atoms with E-state index in [2.05, 4.69) is 15.4 Å². The Morgan fingerprint density at radius 2 is 2.03 bits per heavy atom. The summed E-state index contributed by atoms with van der Waals surface area (Å²) in [5, 5.41) is 12.5. The van der Waals surface area contributed by atoms with Gasteiger partial charge in [0.1, 0.15) is 25.5 Å². The fourth-order valence-electron chi connectivity index (χ4n) is 4.08. The van der Waals surface area contributed by atoms with Gasteiger partial charge in [-0.25, -0.2) is 0 Å². The normalized spacial score (nSPS) is 17.6. The number of carbonyl (C=O) groups is 1. The van der Waals surface area contributed by atoms with Crippen molar-refractivity contribution in [1.29, 1.82) is 0 Å². The number of methoxy groups -OCH3 is 1. The summed E-state index contributed by atoms with van der Waals surface area (Å²) >= 11 is 0. The summed E-state index contributed by atoms with van der Waals surface area (Å²) in [5.74, 6) is 2.62. The van der Waals surface area contributed by atoms with Crippen LogP contribution in [0, 0.1) is 0 Å². The molecule has 160 valence electrons. The molecule has 1 atom stereocenters. The molecule has 5 rings (SSSR count). The van der Waals surface area contributed by atoms with Gasteiger partial charge in [0.05, 0.1) is 13.2 Å². The molecular weight excluding hydrogens is 398 g/mol. The number of carbonyl (C=O) groups excluding carboxylic acids is 1. The molecule has 1 fully saturated rings. The van der Waals surface area contributed by atoms with Crippen LogP contribution < -0.4 is 14.2 Å². The number of amides is 1. The number of hydrogen-bond acceptors (Lipinski definition) is 7. The predicted molar refractivity (Wildman–Crippen MR) is 111 cm³/mol. The maximum Gasteiger partial charge on any atom is 0.246 e. The van der Waals surface area contributed by atoms with Crippen LogP contribution in [0.4, 0.5) is 0 Å². The molecule has 1 amide bonds. The highest BCUT2D eigenvalue weighted by Gasteiger charge is 2.31. The van der Waals surface area contributed by atoms with Crippen molar-refractivity contribution in [2.45, 2.75) is 25.4 Å². The van der Waals surface area contributed by atoms with Crippen LogP contribution in [-0.4, -0.2) is 57.9 Å². The van der Waals surface area contributed by atoms with Crippen LogP contribution in [0.5, 0.6) is 17.2 Å². The van der Waals surface area contributed by atoms with E-state index in [0.717, 1.165) is 35.5 Å². The second-order valence-electron chi connectivity index (χ2n) is 7.52. The molecule has 9 heteroatoms. The van der Waals surface area contributed by atoms with Gasteiger partial charge in [-0.3, -0.25) is 4.79 Å². The average molecular weight is 421 g/mol. The minimum Gasteiger partial charge on any atom is -0.497 e. The lowest BCUT2D eigenvalue weighted by molar-refractivity contribution is -0.133. The monoisotopic (exact) mass is 421 g/mol. The van der Waals surface area contributed by atoms with Crippen LogP contribution in [0.1, 0.15) is 24.4 Å². The Morgan fingerprint density at radius 3 is 2.90 bits per heavy atom. The first-order valence-electron chi connectivity index (χ1n) is 10.3. The van der Waals surface area contributed by atoms with E-state index in [-0.39, 0.29) is 18.5 Å². The molecule has 0 N–H and O–H groups in total. The maximum absolute atomic E-state index is 13.1. The third kappa shape index (κ3) is 3.90. The number of nitrogens with zero attached hydrogens (tertiary/aromatic N) is 5. The summed E-state index contributed by atoms with van der Waals surface area (Å²) in [7, 11) is 1.61. The molecule has 3 heterocycles. The number of aromatic nitrogens is 4. The molecule has 0 radical (unpaired) electrons. The van der Waals surface area contributed by atoms with Crippen molar-refractivity contribution >= 4 is 5.91 Å². The third-order valence-corrected chi connectivity index (χ3v) is 5.58. The summed E-state index contributed by atoms with van der Waals surface area (Å²) in [6.45, 7) is 1.84. The van der Waals surface area contributed by atoms with Gasteiger partial charge in [-0.05, 0) is 47.9 Å². The largest absolute Gasteiger partial charge is 0.497 e. The van der Waals surface area contributed by atoms with E-state index in [1.165, 1.54) is 4.80 Å². The number of likely N-dealkylation sites (tertiary alicyclic amines) is 1. The topological polar surface area (TPSA) is 91.6 Å². The van der Waals surface area contributed by atoms with Crippen molar-refractivity contribution in [3.63, 3.8) is 0 Å². The molecule has 2 aliphatic rings. The third-order valence-electron chi connectivity index (χ3n) is 5.58. The van der Waals surface area contributed by atoms with Gasteiger partial charge in [-0.2, -0.15) is 4.80 Å². The molecule has 1 aromatic heterocycles. The minimum absolute atomic E-state index is 0.00435. The first-order valence-corrected chi connectivity index (χ1v) is 10.3. The van der Waals surface area contributed by atoms with Crippen molar-refractivity contribution in [1.82, 2.24) is 25.1 Å². The molecular formula is C22H23N5O4. The van der Waals surface area contributed by atoms with E-state index in [4.69, 9.17) is 14.2 Å². The Kier molecular flexibility index (Phi) is 5.15. The second-order valence-corrected chi connectivity index (χ2v) is 7.52. The highest BCUT2D eigenvalue weighted by molar-refractivity contribution is 5.76. The predicted octanol–water partition coefficient (Wildman–Crippen LogP) is 2.48. The van der Waals surface area contributed by atoms with Crippen LogP contribution >= 0.6 is 0 Å². The van der Waals surface area contributed by atoms with Gasteiger partial charge in [0.25, 0.3) is 0 Å². The molecule has 1 saturated heterocycles. The number of rotatable bonds is 5. The van der Waals surface area contributed by atoms with Crippen molar-refractivity contribution in [3.05, 3.63) is 48.0 Å². The summed E-state index contributed by atoms with van der Waals surface area (Å²) in [4.78, 5) is 16.3. The van der Waals surface area contributed by atoms with E-state index in [1.807, 2.05) is 47.4 Å². The Bertz CT molecular complexity index is 1100. The summed E-state index contributed by atoms with van der Waals surface area (Å²) in [6.07, 6.45) is 1.86. The molecule has 0 spiro atoms. The fourth-order valence-corrected chi connectivity index (χ4v) is 4.08. The quantitative estimate of drug-likeness (QED) is 0.625. The minimum atomic E-state index is -0.0352. The lowest BCUT2D eigenvalue weighted by Gasteiger charge is -2.26. The van der Waals surface area contributed by atoms with E-state index in [0.29, 0.717) is 31.3 Å². The van der Waals surface area contributed by atoms with Crippen molar-refractivity contribution in [2.75, 3.05) is 26.9 Å². The van der Waals surface area contributed by atoms with Crippen LogP contribution in [0.25, 0.3) is 11.4 Å². The zero-order valence-corrected chi connectivity index (χ0v) is 17.2. The lowest BCUT2D eigenvalue weighted by atomic mass is 10.0. The second kappa shape index (κ2) is 8.25. The van der Waals surface area contributed by atoms with Crippen LogP contribution in [0.3, 0.4) is 0 Å². The zero-order valence-electron chi connectivity index (χ0n) is 17.2. The Balaban J connectivity index is 1.30. The zero-order chi connectivity index (χ0) is 21.2.